The zero-order valence-corrected chi connectivity index (χ0v) is 55.4. The molecule has 0 rings (SSSR count). The smallest absolute Gasteiger partial charge is 0.462 e. The van der Waals surface area contributed by atoms with Crippen LogP contribution in [-0.2, 0) is 65.4 Å². The van der Waals surface area contributed by atoms with E-state index in [4.69, 9.17) is 37.0 Å². The molecule has 0 heterocycles. The molecule has 17 nitrogen and oxygen atoms in total. The number of carbonyl (C=O) groups excluding carboxylic acids is 4. The Kier molecular flexibility index (Phi) is 54.1. The van der Waals surface area contributed by atoms with Crippen molar-refractivity contribution in [1.29, 1.82) is 0 Å². The van der Waals surface area contributed by atoms with E-state index >= 15 is 0 Å². The van der Waals surface area contributed by atoms with Crippen molar-refractivity contribution in [3.05, 3.63) is 0 Å². The molecule has 0 aromatic rings. The third-order valence-electron chi connectivity index (χ3n) is 15.0. The lowest BCUT2D eigenvalue weighted by molar-refractivity contribution is -0.161. The number of hydrogen-bond acceptors (Lipinski definition) is 15. The standard InChI is InChI=1S/C64H124O17P2/c1-8-10-11-12-21-31-38-45-61(66)74-51-60(81-64(69)48-41-34-26-24-29-36-43-56(5)6)54-79-83(72,73)77-50-58(65)49-76-82(70,71)78-53-59(52-75-62(67)46-39-32-27-25-30-37-44-57(7)9-2)80-63(68)47-40-33-23-20-18-16-14-13-15-17-19-22-28-35-42-55(3)4/h55-60,65H,8-54H2,1-7H3,(H,70,71)(H,72,73)/t57?,58-,59-,60-/m1/s1. The van der Waals surface area contributed by atoms with Gasteiger partial charge in [0.25, 0.3) is 0 Å². The molecule has 0 saturated carbocycles. The predicted octanol–water partition coefficient (Wildman–Crippen LogP) is 17.5. The molecule has 492 valence electrons. The maximum Gasteiger partial charge on any atom is 0.472 e. The third-order valence-corrected chi connectivity index (χ3v) is 16.9. The molecule has 0 fully saturated rings. The maximum absolute atomic E-state index is 13.0. The van der Waals surface area contributed by atoms with Gasteiger partial charge in [-0.2, -0.15) is 0 Å². The summed E-state index contributed by atoms with van der Waals surface area (Å²) in [5.41, 5.74) is 0. The summed E-state index contributed by atoms with van der Waals surface area (Å²) in [6.45, 7) is 11.6. The lowest BCUT2D eigenvalue weighted by atomic mass is 10.00. The van der Waals surface area contributed by atoms with Gasteiger partial charge in [0.15, 0.2) is 12.2 Å². The van der Waals surface area contributed by atoms with Crippen LogP contribution in [0.3, 0.4) is 0 Å². The lowest BCUT2D eigenvalue weighted by Crippen LogP contribution is -2.30. The fraction of sp³-hybridized carbons (Fsp3) is 0.938. The topological polar surface area (TPSA) is 237 Å². The number of phosphoric ester groups is 2. The fourth-order valence-electron chi connectivity index (χ4n) is 9.45. The highest BCUT2D eigenvalue weighted by atomic mass is 31.2. The van der Waals surface area contributed by atoms with Crippen molar-refractivity contribution in [3.63, 3.8) is 0 Å². The van der Waals surface area contributed by atoms with Gasteiger partial charge in [-0.25, -0.2) is 9.13 Å². The van der Waals surface area contributed by atoms with Gasteiger partial charge < -0.3 is 33.8 Å². The number of esters is 4. The van der Waals surface area contributed by atoms with E-state index in [0.29, 0.717) is 31.6 Å². The summed E-state index contributed by atoms with van der Waals surface area (Å²) in [4.78, 5) is 72.0. The van der Waals surface area contributed by atoms with Crippen LogP contribution in [0.5, 0.6) is 0 Å². The molecule has 0 radical (unpaired) electrons. The van der Waals surface area contributed by atoms with Crippen molar-refractivity contribution in [2.45, 2.75) is 330 Å². The number of hydrogen-bond donors (Lipinski definition) is 3. The number of aliphatic hydroxyl groups excluding tert-OH is 1. The molecule has 19 heteroatoms. The summed E-state index contributed by atoms with van der Waals surface area (Å²) < 4.78 is 67.9. The largest absolute Gasteiger partial charge is 0.472 e. The van der Waals surface area contributed by atoms with Crippen molar-refractivity contribution in [2.24, 2.45) is 17.8 Å². The SMILES string of the molecule is CCCCCCCCCC(=O)OC[C@H](COP(=O)(O)OC[C@H](O)COP(=O)(O)OC[C@@H](COC(=O)CCCCCCCCC(C)CC)OC(=O)CCCCCCCCCCCCCCCCC(C)C)OC(=O)CCCCCCCCC(C)C. The molecule has 6 atom stereocenters. The van der Waals surface area contributed by atoms with Crippen LogP contribution in [0.15, 0.2) is 0 Å². The molecule has 0 saturated heterocycles. The molecule has 0 aliphatic carbocycles. The summed E-state index contributed by atoms with van der Waals surface area (Å²) >= 11 is 0. The van der Waals surface area contributed by atoms with Crippen molar-refractivity contribution < 1.29 is 80.2 Å². The van der Waals surface area contributed by atoms with E-state index in [9.17, 15) is 43.2 Å². The van der Waals surface area contributed by atoms with Crippen LogP contribution in [-0.4, -0.2) is 96.7 Å². The molecule has 0 amide bonds. The number of phosphoric acid groups is 2. The Morgan fingerprint density at radius 2 is 0.614 bits per heavy atom. The number of aliphatic hydroxyl groups is 1. The van der Waals surface area contributed by atoms with E-state index in [2.05, 4.69) is 48.5 Å². The van der Waals surface area contributed by atoms with E-state index in [1.54, 1.807) is 0 Å². The highest BCUT2D eigenvalue weighted by Crippen LogP contribution is 2.45. The van der Waals surface area contributed by atoms with Gasteiger partial charge in [-0.05, 0) is 43.4 Å². The van der Waals surface area contributed by atoms with Crippen LogP contribution in [0.25, 0.3) is 0 Å². The van der Waals surface area contributed by atoms with E-state index in [0.717, 1.165) is 121 Å². The van der Waals surface area contributed by atoms with Crippen LogP contribution >= 0.6 is 15.6 Å². The summed E-state index contributed by atoms with van der Waals surface area (Å²) in [7, 11) is -9.88. The zero-order valence-electron chi connectivity index (χ0n) is 53.6. The maximum atomic E-state index is 13.0. The first-order valence-electron chi connectivity index (χ1n) is 33.4. The number of unbranched alkanes of at least 4 members (excludes halogenated alkanes) is 29. The third kappa shape index (κ3) is 57.6. The van der Waals surface area contributed by atoms with Crippen molar-refractivity contribution in [3.8, 4) is 0 Å². The van der Waals surface area contributed by atoms with Crippen molar-refractivity contribution in [2.75, 3.05) is 39.6 Å². The fourth-order valence-corrected chi connectivity index (χ4v) is 11.0. The van der Waals surface area contributed by atoms with Gasteiger partial charge in [0, 0.05) is 25.7 Å². The number of ether oxygens (including phenoxy) is 4. The second kappa shape index (κ2) is 55.4. The minimum Gasteiger partial charge on any atom is -0.462 e. The van der Waals surface area contributed by atoms with Gasteiger partial charge in [0.2, 0.25) is 0 Å². The zero-order chi connectivity index (χ0) is 61.7. The molecule has 3 unspecified atom stereocenters. The average Bonchev–Trinajstić information content (AvgIpc) is 3.44. The molecule has 0 aromatic carbocycles. The van der Waals surface area contributed by atoms with Crippen LogP contribution in [0.2, 0.25) is 0 Å². The number of rotatable bonds is 62. The summed E-state index contributed by atoms with van der Waals surface area (Å²) in [5.74, 6) is 0.0508. The Labute approximate surface area is 505 Å². The normalized spacial score (nSPS) is 14.7. The summed E-state index contributed by atoms with van der Waals surface area (Å²) in [6, 6.07) is 0. The van der Waals surface area contributed by atoms with Crippen LogP contribution < -0.4 is 0 Å². The lowest BCUT2D eigenvalue weighted by Gasteiger charge is -2.21. The van der Waals surface area contributed by atoms with E-state index in [1.165, 1.54) is 103 Å². The van der Waals surface area contributed by atoms with E-state index < -0.39 is 97.5 Å². The highest BCUT2D eigenvalue weighted by Gasteiger charge is 2.30. The molecule has 0 bridgehead atoms. The van der Waals surface area contributed by atoms with Crippen LogP contribution in [0.4, 0.5) is 0 Å². The summed E-state index contributed by atoms with van der Waals surface area (Å²) in [5, 5.41) is 10.5. The van der Waals surface area contributed by atoms with Crippen molar-refractivity contribution >= 4 is 39.5 Å². The molecule has 0 aliphatic rings. The van der Waals surface area contributed by atoms with Gasteiger partial charge in [-0.15, -0.1) is 0 Å². The number of carbonyl (C=O) groups is 4. The van der Waals surface area contributed by atoms with Crippen LogP contribution in [0, 0.1) is 17.8 Å². The summed E-state index contributed by atoms with van der Waals surface area (Å²) in [6.07, 6.45) is 36.5. The van der Waals surface area contributed by atoms with Crippen molar-refractivity contribution in [1.82, 2.24) is 0 Å². The van der Waals surface area contributed by atoms with E-state index in [-0.39, 0.29) is 25.7 Å². The first kappa shape index (κ1) is 81.1. The first-order valence-corrected chi connectivity index (χ1v) is 36.4. The quantitative estimate of drug-likeness (QED) is 0.0222. The van der Waals surface area contributed by atoms with Gasteiger partial charge in [-0.1, -0.05) is 260 Å². The first-order chi connectivity index (χ1) is 39.8. The molecule has 83 heavy (non-hydrogen) atoms. The Balaban J connectivity index is 5.18. The second-order valence-electron chi connectivity index (χ2n) is 24.3. The molecule has 3 N–H and O–H groups in total. The van der Waals surface area contributed by atoms with Gasteiger partial charge in [0.1, 0.15) is 19.3 Å². The second-order valence-corrected chi connectivity index (χ2v) is 27.3. The van der Waals surface area contributed by atoms with Crippen LogP contribution in [0.1, 0.15) is 312 Å². The monoisotopic (exact) mass is 1230 g/mol. The molecular weight excluding hydrogens is 1100 g/mol. The molecule has 0 aliphatic heterocycles. The predicted molar refractivity (Wildman–Crippen MR) is 331 cm³/mol. The van der Waals surface area contributed by atoms with Gasteiger partial charge >= 0.3 is 39.5 Å². The Hall–Kier alpha value is -1.94. The minimum atomic E-state index is -4.94. The Morgan fingerprint density at radius 3 is 0.916 bits per heavy atom. The minimum absolute atomic E-state index is 0.101. The molecule has 0 aromatic heterocycles. The highest BCUT2D eigenvalue weighted by molar-refractivity contribution is 7.47. The Bertz CT molecular complexity index is 1650. The van der Waals surface area contributed by atoms with Gasteiger partial charge in [-0.3, -0.25) is 37.3 Å². The molecule has 0 spiro atoms. The Morgan fingerprint density at radius 1 is 0.349 bits per heavy atom. The van der Waals surface area contributed by atoms with E-state index in [1.807, 2.05) is 0 Å². The van der Waals surface area contributed by atoms with Gasteiger partial charge in [0.05, 0.1) is 26.4 Å². The molecular formula is C64H124O17P2. The average molecular weight is 1230 g/mol.